The van der Waals surface area contributed by atoms with Crippen molar-refractivity contribution in [1.82, 2.24) is 5.16 Å². The molecular formula is C7H10F2N2O. The quantitative estimate of drug-likeness (QED) is 0.747. The van der Waals surface area contributed by atoms with Gasteiger partial charge in [0, 0.05) is 6.07 Å². The molecule has 0 spiro atoms. The van der Waals surface area contributed by atoms with E-state index in [0.717, 1.165) is 0 Å². The molecule has 0 saturated heterocycles. The number of alkyl halides is 2. The van der Waals surface area contributed by atoms with Crippen molar-refractivity contribution in [1.29, 1.82) is 0 Å². The summed E-state index contributed by atoms with van der Waals surface area (Å²) in [4.78, 5) is 0. The average Bonchev–Trinajstić information content (AvgIpc) is 2.35. The van der Waals surface area contributed by atoms with Crippen LogP contribution in [0.1, 0.15) is 19.5 Å². The number of aromatic nitrogens is 1. The molecule has 1 aromatic rings. The van der Waals surface area contributed by atoms with Crippen molar-refractivity contribution < 1.29 is 13.3 Å². The molecule has 5 heteroatoms. The van der Waals surface area contributed by atoms with Gasteiger partial charge in [-0.3, -0.25) is 0 Å². The van der Waals surface area contributed by atoms with Crippen LogP contribution in [0.2, 0.25) is 0 Å². The molecule has 0 aliphatic heterocycles. The number of nitrogens with zero attached hydrogens (tertiary/aromatic N) is 1. The molecule has 68 valence electrons. The van der Waals surface area contributed by atoms with E-state index in [9.17, 15) is 8.78 Å². The molecule has 0 unspecified atom stereocenters. The van der Waals surface area contributed by atoms with Gasteiger partial charge in [0.1, 0.15) is 0 Å². The van der Waals surface area contributed by atoms with Crippen molar-refractivity contribution in [2.75, 3.05) is 5.73 Å². The third-order valence-corrected chi connectivity index (χ3v) is 1.73. The maximum absolute atomic E-state index is 12.4. The van der Waals surface area contributed by atoms with E-state index in [2.05, 4.69) is 9.68 Å². The predicted octanol–water partition coefficient (Wildman–Crippen LogP) is 1.80. The van der Waals surface area contributed by atoms with Gasteiger partial charge in [-0.2, -0.15) is 0 Å². The van der Waals surface area contributed by atoms with E-state index in [1.807, 2.05) is 0 Å². The SMILES string of the molecule is CC(C)(c1cc(N)on1)C(F)F. The van der Waals surface area contributed by atoms with Gasteiger partial charge < -0.3 is 10.3 Å². The minimum Gasteiger partial charge on any atom is -0.368 e. The summed E-state index contributed by atoms with van der Waals surface area (Å²) in [5, 5.41) is 3.43. The van der Waals surface area contributed by atoms with Gasteiger partial charge in [0.05, 0.1) is 11.1 Å². The first-order valence-electron chi connectivity index (χ1n) is 3.45. The Bertz CT molecular complexity index is 270. The number of nitrogens with two attached hydrogens (primary N) is 1. The highest BCUT2D eigenvalue weighted by Crippen LogP contribution is 2.29. The summed E-state index contributed by atoms with van der Waals surface area (Å²) in [5.41, 5.74) is 4.07. The topological polar surface area (TPSA) is 52.0 Å². The van der Waals surface area contributed by atoms with Crippen LogP contribution in [0.15, 0.2) is 10.6 Å². The van der Waals surface area contributed by atoms with Crippen LogP contribution in [-0.2, 0) is 5.41 Å². The zero-order valence-corrected chi connectivity index (χ0v) is 6.84. The van der Waals surface area contributed by atoms with Gasteiger partial charge in [-0.05, 0) is 13.8 Å². The summed E-state index contributed by atoms with van der Waals surface area (Å²) in [5.74, 6) is 0.0544. The Morgan fingerprint density at radius 2 is 2.17 bits per heavy atom. The average molecular weight is 176 g/mol. The molecule has 0 aliphatic carbocycles. The maximum atomic E-state index is 12.4. The molecule has 2 N–H and O–H groups in total. The number of halogens is 2. The lowest BCUT2D eigenvalue weighted by molar-refractivity contribution is 0.0653. The zero-order valence-electron chi connectivity index (χ0n) is 6.84. The van der Waals surface area contributed by atoms with E-state index < -0.39 is 11.8 Å². The van der Waals surface area contributed by atoms with Gasteiger partial charge in [0.25, 0.3) is 0 Å². The molecule has 0 amide bonds. The molecule has 0 aliphatic rings. The lowest BCUT2D eigenvalue weighted by atomic mass is 9.90. The highest BCUT2D eigenvalue weighted by molar-refractivity contribution is 5.28. The van der Waals surface area contributed by atoms with Gasteiger partial charge in [0.15, 0.2) is 0 Å². The smallest absolute Gasteiger partial charge is 0.249 e. The Hall–Kier alpha value is -1.13. The van der Waals surface area contributed by atoms with E-state index in [4.69, 9.17) is 5.73 Å². The van der Waals surface area contributed by atoms with Crippen molar-refractivity contribution in [3.8, 4) is 0 Å². The predicted molar refractivity (Wildman–Crippen MR) is 39.9 cm³/mol. The third kappa shape index (κ3) is 1.39. The summed E-state index contributed by atoms with van der Waals surface area (Å²) in [7, 11) is 0. The van der Waals surface area contributed by atoms with Crippen molar-refractivity contribution in [2.24, 2.45) is 0 Å². The van der Waals surface area contributed by atoms with Gasteiger partial charge in [-0.25, -0.2) is 8.78 Å². The van der Waals surface area contributed by atoms with Crippen LogP contribution < -0.4 is 5.73 Å². The Morgan fingerprint density at radius 3 is 2.50 bits per heavy atom. The van der Waals surface area contributed by atoms with Gasteiger partial charge >= 0.3 is 0 Å². The summed E-state index contributed by atoms with van der Waals surface area (Å²) in [6, 6.07) is 1.31. The van der Waals surface area contributed by atoms with Crippen LogP contribution in [0.25, 0.3) is 0 Å². The van der Waals surface area contributed by atoms with Crippen LogP contribution in [0, 0.1) is 0 Å². The van der Waals surface area contributed by atoms with Crippen molar-refractivity contribution in [2.45, 2.75) is 25.7 Å². The Balaban J connectivity index is 2.97. The molecule has 1 heterocycles. The lowest BCUT2D eigenvalue weighted by Gasteiger charge is -2.19. The second kappa shape index (κ2) is 2.73. The Labute approximate surface area is 68.5 Å². The van der Waals surface area contributed by atoms with Gasteiger partial charge in [-0.15, -0.1) is 0 Å². The van der Waals surface area contributed by atoms with Crippen molar-refractivity contribution in [3.63, 3.8) is 0 Å². The summed E-state index contributed by atoms with van der Waals surface area (Å²) >= 11 is 0. The normalized spacial score (nSPS) is 12.4. The number of anilines is 1. The zero-order chi connectivity index (χ0) is 9.35. The standard InChI is InChI=1S/C7H10F2N2O/c1-7(2,6(8)9)4-3-5(10)12-11-4/h3,6H,10H2,1-2H3. The molecule has 0 saturated carbocycles. The van der Waals surface area contributed by atoms with Gasteiger partial charge in [-0.1, -0.05) is 5.16 Å². The molecule has 3 nitrogen and oxygen atoms in total. The molecule has 12 heavy (non-hydrogen) atoms. The van der Waals surface area contributed by atoms with Crippen LogP contribution >= 0.6 is 0 Å². The van der Waals surface area contributed by atoms with E-state index >= 15 is 0 Å². The van der Waals surface area contributed by atoms with Crippen LogP contribution in [0.3, 0.4) is 0 Å². The maximum Gasteiger partial charge on any atom is 0.249 e. The minimum absolute atomic E-state index is 0.0544. The van der Waals surface area contributed by atoms with Gasteiger partial charge in [0.2, 0.25) is 12.3 Å². The Kier molecular flexibility index (Phi) is 2.04. The summed E-state index contributed by atoms with van der Waals surface area (Å²) in [6.45, 7) is 2.77. The molecule has 0 atom stereocenters. The van der Waals surface area contributed by atoms with E-state index in [1.54, 1.807) is 0 Å². The highest BCUT2D eigenvalue weighted by Gasteiger charge is 2.34. The fraction of sp³-hybridized carbons (Fsp3) is 0.571. The largest absolute Gasteiger partial charge is 0.368 e. The monoisotopic (exact) mass is 176 g/mol. The lowest BCUT2D eigenvalue weighted by Crippen LogP contribution is -2.27. The number of hydrogen-bond acceptors (Lipinski definition) is 3. The fourth-order valence-electron chi connectivity index (χ4n) is 0.705. The van der Waals surface area contributed by atoms with Crippen LogP contribution in [0.4, 0.5) is 14.7 Å². The molecule has 0 bridgehead atoms. The summed E-state index contributed by atoms with van der Waals surface area (Å²) < 4.78 is 29.3. The van der Waals surface area contributed by atoms with Crippen molar-refractivity contribution in [3.05, 3.63) is 11.8 Å². The number of nitrogen functional groups attached to an aromatic ring is 1. The second-order valence-corrected chi connectivity index (χ2v) is 3.14. The number of hydrogen-bond donors (Lipinski definition) is 1. The molecule has 0 radical (unpaired) electrons. The van der Waals surface area contributed by atoms with Crippen LogP contribution in [-0.4, -0.2) is 11.6 Å². The molecular weight excluding hydrogens is 166 g/mol. The van der Waals surface area contributed by atoms with E-state index in [1.165, 1.54) is 19.9 Å². The molecule has 1 rings (SSSR count). The third-order valence-electron chi connectivity index (χ3n) is 1.73. The first-order valence-corrected chi connectivity index (χ1v) is 3.45. The fourth-order valence-corrected chi connectivity index (χ4v) is 0.705. The van der Waals surface area contributed by atoms with E-state index in [0.29, 0.717) is 0 Å². The second-order valence-electron chi connectivity index (χ2n) is 3.14. The summed E-state index contributed by atoms with van der Waals surface area (Å²) in [6.07, 6.45) is -2.48. The number of rotatable bonds is 2. The first kappa shape index (κ1) is 8.96. The Morgan fingerprint density at radius 1 is 1.58 bits per heavy atom. The highest BCUT2D eigenvalue weighted by atomic mass is 19.3. The molecule has 1 aromatic heterocycles. The van der Waals surface area contributed by atoms with Crippen molar-refractivity contribution >= 4 is 5.88 Å². The molecule has 0 aromatic carbocycles. The van der Waals surface area contributed by atoms with Crippen LogP contribution in [0.5, 0.6) is 0 Å². The molecule has 0 fully saturated rings. The minimum atomic E-state index is -2.48. The van der Waals surface area contributed by atoms with E-state index in [-0.39, 0.29) is 11.6 Å². The first-order chi connectivity index (χ1) is 5.44.